The highest BCUT2D eigenvalue weighted by molar-refractivity contribution is 7.92. The van der Waals surface area contributed by atoms with Crippen LogP contribution in [0.4, 0.5) is 5.69 Å². The van der Waals surface area contributed by atoms with Gasteiger partial charge in [0.2, 0.25) is 0 Å². The fourth-order valence-corrected chi connectivity index (χ4v) is 4.15. The lowest BCUT2D eigenvalue weighted by Crippen LogP contribution is -2.26. The first-order chi connectivity index (χ1) is 14.9. The Morgan fingerprint density at radius 3 is 2.47 bits per heavy atom. The van der Waals surface area contributed by atoms with Crippen LogP contribution in [0.25, 0.3) is 0 Å². The van der Waals surface area contributed by atoms with Gasteiger partial charge in [0.25, 0.3) is 15.9 Å². The molecule has 10 heteroatoms. The number of halogens is 1. The molecule has 3 aromatic rings. The fourth-order valence-electron chi connectivity index (χ4n) is 2.74. The van der Waals surface area contributed by atoms with Crippen molar-refractivity contribution in [3.8, 4) is 0 Å². The standard InChI is InChI=1S/C22H24ClN3O5S/c1-14(19-24-21(25-31-19)22(2,3)4)30-20(27)15-8-6-11-18(12-15)32(28,29)26(5)17-10-7-9-16(23)13-17/h6-14H,1-5H3/t14-/m0/s1. The molecule has 3 rings (SSSR count). The van der Waals surface area contributed by atoms with E-state index in [1.165, 1.54) is 37.4 Å². The summed E-state index contributed by atoms with van der Waals surface area (Å²) in [6.07, 6.45) is -0.805. The van der Waals surface area contributed by atoms with E-state index in [2.05, 4.69) is 10.1 Å². The molecule has 8 nitrogen and oxygen atoms in total. The van der Waals surface area contributed by atoms with E-state index in [1.807, 2.05) is 20.8 Å². The first-order valence-electron chi connectivity index (χ1n) is 9.79. The molecule has 170 valence electrons. The van der Waals surface area contributed by atoms with Crippen molar-refractivity contribution >= 4 is 33.3 Å². The number of benzene rings is 2. The minimum absolute atomic E-state index is 0.0603. The highest BCUT2D eigenvalue weighted by atomic mass is 35.5. The summed E-state index contributed by atoms with van der Waals surface area (Å²) in [5, 5.41) is 4.33. The molecule has 32 heavy (non-hydrogen) atoms. The minimum atomic E-state index is -3.93. The number of esters is 1. The Balaban J connectivity index is 1.80. The Morgan fingerprint density at radius 1 is 1.16 bits per heavy atom. The van der Waals surface area contributed by atoms with E-state index in [0.717, 1.165) is 4.31 Å². The summed E-state index contributed by atoms with van der Waals surface area (Å²) in [6, 6.07) is 12.1. The number of hydrogen-bond donors (Lipinski definition) is 0. The Labute approximate surface area is 192 Å². The van der Waals surface area contributed by atoms with Crippen LogP contribution in [0.15, 0.2) is 57.9 Å². The van der Waals surface area contributed by atoms with Crippen LogP contribution in [0.1, 0.15) is 55.9 Å². The number of rotatable bonds is 6. The lowest BCUT2D eigenvalue weighted by atomic mass is 9.96. The third kappa shape index (κ3) is 5.11. The van der Waals surface area contributed by atoms with Crippen LogP contribution < -0.4 is 4.31 Å². The molecule has 0 saturated heterocycles. The summed E-state index contributed by atoms with van der Waals surface area (Å²) in [4.78, 5) is 16.9. The summed E-state index contributed by atoms with van der Waals surface area (Å²) < 4.78 is 37.8. The number of ether oxygens (including phenoxy) is 1. The molecule has 0 aliphatic rings. The van der Waals surface area contributed by atoms with Gasteiger partial charge in [-0.25, -0.2) is 13.2 Å². The van der Waals surface area contributed by atoms with Crippen molar-refractivity contribution in [2.45, 2.75) is 44.1 Å². The monoisotopic (exact) mass is 477 g/mol. The number of sulfonamides is 1. The minimum Gasteiger partial charge on any atom is -0.449 e. The van der Waals surface area contributed by atoms with Crippen molar-refractivity contribution in [2.75, 3.05) is 11.4 Å². The molecule has 0 spiro atoms. The van der Waals surface area contributed by atoms with Crippen LogP contribution in [0.5, 0.6) is 0 Å². The third-order valence-corrected chi connectivity index (χ3v) is 6.66. The van der Waals surface area contributed by atoms with E-state index in [4.69, 9.17) is 20.9 Å². The molecule has 0 N–H and O–H groups in total. The van der Waals surface area contributed by atoms with Crippen molar-refractivity contribution in [2.24, 2.45) is 0 Å². The normalized spacial score (nSPS) is 12.9. The van der Waals surface area contributed by atoms with Crippen LogP contribution in [0, 0.1) is 0 Å². The molecule has 0 aliphatic carbocycles. The Kier molecular flexibility index (Phi) is 6.61. The van der Waals surface area contributed by atoms with E-state index < -0.39 is 22.1 Å². The number of carbonyl (C=O) groups excluding carboxylic acids is 1. The Morgan fingerprint density at radius 2 is 1.84 bits per heavy atom. The number of hydrogen-bond acceptors (Lipinski definition) is 7. The van der Waals surface area contributed by atoms with Gasteiger partial charge in [0.1, 0.15) is 0 Å². The van der Waals surface area contributed by atoms with E-state index in [9.17, 15) is 13.2 Å². The van der Waals surface area contributed by atoms with Crippen molar-refractivity contribution in [3.63, 3.8) is 0 Å². The zero-order valence-electron chi connectivity index (χ0n) is 18.4. The Hall–Kier alpha value is -2.91. The largest absolute Gasteiger partial charge is 0.449 e. The molecule has 0 saturated carbocycles. The topological polar surface area (TPSA) is 103 Å². The first kappa shape index (κ1) is 23.7. The number of aromatic nitrogens is 2. The van der Waals surface area contributed by atoms with Gasteiger partial charge in [-0.2, -0.15) is 4.98 Å². The maximum absolute atomic E-state index is 13.1. The summed E-state index contributed by atoms with van der Waals surface area (Å²) >= 11 is 5.98. The number of anilines is 1. The maximum atomic E-state index is 13.1. The Bertz CT molecular complexity index is 1230. The van der Waals surface area contributed by atoms with Crippen molar-refractivity contribution in [3.05, 3.63) is 70.8 Å². The molecular weight excluding hydrogens is 454 g/mol. The maximum Gasteiger partial charge on any atom is 0.338 e. The molecule has 1 aromatic heterocycles. The number of carbonyl (C=O) groups is 1. The van der Waals surface area contributed by atoms with Crippen LogP contribution in [-0.2, 0) is 20.2 Å². The lowest BCUT2D eigenvalue weighted by molar-refractivity contribution is 0.0265. The van der Waals surface area contributed by atoms with Gasteiger partial charge in [0.05, 0.1) is 16.1 Å². The highest BCUT2D eigenvalue weighted by Gasteiger charge is 2.26. The highest BCUT2D eigenvalue weighted by Crippen LogP contribution is 2.26. The van der Waals surface area contributed by atoms with E-state index >= 15 is 0 Å². The fraction of sp³-hybridized carbons (Fsp3) is 0.318. The quantitative estimate of drug-likeness (QED) is 0.471. The van der Waals surface area contributed by atoms with E-state index in [1.54, 1.807) is 25.1 Å². The average Bonchev–Trinajstić information content (AvgIpc) is 3.24. The smallest absolute Gasteiger partial charge is 0.338 e. The van der Waals surface area contributed by atoms with Crippen molar-refractivity contribution in [1.82, 2.24) is 10.1 Å². The zero-order valence-corrected chi connectivity index (χ0v) is 19.9. The molecule has 0 fully saturated rings. The van der Waals surface area contributed by atoms with Gasteiger partial charge in [-0.05, 0) is 43.3 Å². The predicted octanol–water partition coefficient (Wildman–Crippen LogP) is 4.76. The van der Waals surface area contributed by atoms with Crippen LogP contribution in [0.2, 0.25) is 5.02 Å². The van der Waals surface area contributed by atoms with E-state index in [-0.39, 0.29) is 21.8 Å². The van der Waals surface area contributed by atoms with Gasteiger partial charge in [-0.1, -0.05) is 49.7 Å². The SMILES string of the molecule is C[C@H](OC(=O)c1cccc(S(=O)(=O)N(C)c2cccc(Cl)c2)c1)c1nc(C(C)(C)C)no1. The molecule has 0 amide bonds. The molecule has 2 aromatic carbocycles. The van der Waals surface area contributed by atoms with Gasteiger partial charge in [-0.3, -0.25) is 4.31 Å². The second kappa shape index (κ2) is 8.91. The molecular formula is C22H24ClN3O5S. The summed E-state index contributed by atoms with van der Waals surface area (Å²) in [5.41, 5.74) is 0.154. The summed E-state index contributed by atoms with van der Waals surface area (Å²) in [5.74, 6) is -0.0595. The second-order valence-corrected chi connectivity index (χ2v) is 10.6. The van der Waals surface area contributed by atoms with Crippen molar-refractivity contribution in [1.29, 1.82) is 0 Å². The van der Waals surface area contributed by atoms with Gasteiger partial charge in [0.15, 0.2) is 11.9 Å². The van der Waals surface area contributed by atoms with Crippen molar-refractivity contribution < 1.29 is 22.5 Å². The van der Waals surface area contributed by atoms with Gasteiger partial charge < -0.3 is 9.26 Å². The van der Waals surface area contributed by atoms with Crippen LogP contribution >= 0.6 is 11.6 Å². The van der Waals surface area contributed by atoms with Gasteiger partial charge in [-0.15, -0.1) is 0 Å². The average molecular weight is 478 g/mol. The summed E-state index contributed by atoms with van der Waals surface area (Å²) in [7, 11) is -2.52. The predicted molar refractivity (Wildman–Crippen MR) is 120 cm³/mol. The van der Waals surface area contributed by atoms with Gasteiger partial charge in [0, 0.05) is 17.5 Å². The molecule has 0 radical (unpaired) electrons. The first-order valence-corrected chi connectivity index (χ1v) is 11.6. The molecule has 0 aliphatic heterocycles. The molecule has 1 atom stereocenters. The van der Waals surface area contributed by atoms with Crippen LogP contribution in [0.3, 0.4) is 0 Å². The lowest BCUT2D eigenvalue weighted by Gasteiger charge is -2.20. The van der Waals surface area contributed by atoms with Crippen LogP contribution in [-0.4, -0.2) is 31.6 Å². The third-order valence-electron chi connectivity index (χ3n) is 4.64. The van der Waals surface area contributed by atoms with Gasteiger partial charge >= 0.3 is 5.97 Å². The van der Waals surface area contributed by atoms with E-state index in [0.29, 0.717) is 16.5 Å². The molecule has 0 unspecified atom stereocenters. The molecule has 1 heterocycles. The number of nitrogens with zero attached hydrogens (tertiary/aromatic N) is 3. The zero-order chi connectivity index (χ0) is 23.7. The molecule has 0 bridgehead atoms. The second-order valence-electron chi connectivity index (χ2n) is 8.23. The summed E-state index contributed by atoms with van der Waals surface area (Å²) in [6.45, 7) is 7.41.